The Hall–Kier alpha value is -0.610. The Morgan fingerprint density at radius 1 is 1.25 bits per heavy atom. The van der Waals surface area contributed by atoms with Crippen LogP contribution in [-0.2, 0) is 4.79 Å². The van der Waals surface area contributed by atoms with Crippen molar-refractivity contribution in [2.75, 3.05) is 39.3 Å². The minimum absolute atomic E-state index is 0.132. The Kier molecular flexibility index (Phi) is 6.42. The number of amides is 1. The second-order valence-electron chi connectivity index (χ2n) is 4.44. The molecule has 0 atom stereocenters. The largest absolute Gasteiger partial charge is 0.395 e. The SMILES string of the molecule is CCCN(CCO)CC(=O)N1CCCCC1. The van der Waals surface area contributed by atoms with Crippen molar-refractivity contribution in [3.05, 3.63) is 0 Å². The third kappa shape index (κ3) is 4.49. The molecular formula is C12H24N2O2. The Bertz CT molecular complexity index is 197. The van der Waals surface area contributed by atoms with E-state index in [1.165, 1.54) is 6.42 Å². The third-order valence-corrected chi connectivity index (χ3v) is 3.02. The lowest BCUT2D eigenvalue weighted by Crippen LogP contribution is -2.43. The first-order valence-corrected chi connectivity index (χ1v) is 6.39. The van der Waals surface area contributed by atoms with Gasteiger partial charge in [-0.25, -0.2) is 0 Å². The summed E-state index contributed by atoms with van der Waals surface area (Å²) in [5.74, 6) is 0.224. The molecule has 0 aromatic heterocycles. The van der Waals surface area contributed by atoms with E-state index < -0.39 is 0 Å². The van der Waals surface area contributed by atoms with Gasteiger partial charge in [-0.15, -0.1) is 0 Å². The van der Waals surface area contributed by atoms with Gasteiger partial charge in [0.1, 0.15) is 0 Å². The first kappa shape index (κ1) is 13.5. The third-order valence-electron chi connectivity index (χ3n) is 3.02. The fourth-order valence-electron chi connectivity index (χ4n) is 2.16. The van der Waals surface area contributed by atoms with E-state index in [1.54, 1.807) is 0 Å². The highest BCUT2D eigenvalue weighted by atomic mass is 16.3. The predicted molar refractivity (Wildman–Crippen MR) is 64.2 cm³/mol. The van der Waals surface area contributed by atoms with Crippen LogP contribution in [0.3, 0.4) is 0 Å². The molecule has 0 radical (unpaired) electrons. The summed E-state index contributed by atoms with van der Waals surface area (Å²) in [6.45, 7) is 6.01. The van der Waals surface area contributed by atoms with Gasteiger partial charge in [0.25, 0.3) is 0 Å². The quantitative estimate of drug-likeness (QED) is 0.728. The molecule has 0 aromatic carbocycles. The molecule has 1 amide bonds. The normalized spacial score (nSPS) is 16.8. The highest BCUT2D eigenvalue weighted by Crippen LogP contribution is 2.09. The summed E-state index contributed by atoms with van der Waals surface area (Å²) in [5.41, 5.74) is 0. The number of aliphatic hydroxyl groups excluding tert-OH is 1. The number of carbonyl (C=O) groups is 1. The van der Waals surface area contributed by atoms with Crippen LogP contribution in [-0.4, -0.2) is 60.1 Å². The van der Waals surface area contributed by atoms with E-state index in [0.717, 1.165) is 38.9 Å². The molecule has 0 aromatic rings. The second kappa shape index (κ2) is 7.63. The van der Waals surface area contributed by atoms with Gasteiger partial charge in [-0.05, 0) is 32.2 Å². The van der Waals surface area contributed by atoms with Gasteiger partial charge in [-0.2, -0.15) is 0 Å². The Morgan fingerprint density at radius 3 is 2.50 bits per heavy atom. The number of rotatable bonds is 6. The summed E-state index contributed by atoms with van der Waals surface area (Å²) in [4.78, 5) is 16.0. The molecule has 0 spiro atoms. The van der Waals surface area contributed by atoms with Crippen LogP contribution in [0.25, 0.3) is 0 Å². The maximum atomic E-state index is 12.0. The smallest absolute Gasteiger partial charge is 0.236 e. The number of aliphatic hydroxyl groups is 1. The van der Waals surface area contributed by atoms with Gasteiger partial charge in [-0.1, -0.05) is 6.92 Å². The number of likely N-dealkylation sites (tertiary alicyclic amines) is 1. The number of hydrogen-bond donors (Lipinski definition) is 1. The Balaban J connectivity index is 2.33. The molecule has 4 nitrogen and oxygen atoms in total. The molecule has 0 saturated carbocycles. The molecular weight excluding hydrogens is 204 g/mol. The van der Waals surface area contributed by atoms with Crippen molar-refractivity contribution >= 4 is 5.91 Å². The van der Waals surface area contributed by atoms with Crippen LogP contribution in [0.1, 0.15) is 32.6 Å². The molecule has 1 saturated heterocycles. The monoisotopic (exact) mass is 228 g/mol. The van der Waals surface area contributed by atoms with Gasteiger partial charge >= 0.3 is 0 Å². The molecule has 94 valence electrons. The van der Waals surface area contributed by atoms with Crippen molar-refractivity contribution in [1.29, 1.82) is 0 Å². The standard InChI is InChI=1S/C12H24N2O2/c1-2-6-13(9-10-15)11-12(16)14-7-4-3-5-8-14/h15H,2-11H2,1H3. The van der Waals surface area contributed by atoms with Crippen molar-refractivity contribution in [3.63, 3.8) is 0 Å². The fraction of sp³-hybridized carbons (Fsp3) is 0.917. The average molecular weight is 228 g/mol. The number of carbonyl (C=O) groups excluding carboxylic acids is 1. The molecule has 1 aliphatic rings. The lowest BCUT2D eigenvalue weighted by molar-refractivity contribution is -0.133. The molecule has 4 heteroatoms. The van der Waals surface area contributed by atoms with Crippen molar-refractivity contribution in [2.24, 2.45) is 0 Å². The van der Waals surface area contributed by atoms with Crippen LogP contribution >= 0.6 is 0 Å². The highest BCUT2D eigenvalue weighted by Gasteiger charge is 2.18. The molecule has 0 aliphatic carbocycles. The van der Waals surface area contributed by atoms with Crippen molar-refractivity contribution in [2.45, 2.75) is 32.6 Å². The maximum absolute atomic E-state index is 12.0. The lowest BCUT2D eigenvalue weighted by Gasteiger charge is -2.29. The van der Waals surface area contributed by atoms with E-state index in [-0.39, 0.29) is 12.5 Å². The van der Waals surface area contributed by atoms with E-state index in [2.05, 4.69) is 6.92 Å². The number of piperidine rings is 1. The van der Waals surface area contributed by atoms with Gasteiger partial charge < -0.3 is 10.0 Å². The molecule has 1 rings (SSSR count). The minimum Gasteiger partial charge on any atom is -0.395 e. The van der Waals surface area contributed by atoms with Crippen LogP contribution < -0.4 is 0 Å². The second-order valence-corrected chi connectivity index (χ2v) is 4.44. The lowest BCUT2D eigenvalue weighted by atomic mass is 10.1. The van der Waals surface area contributed by atoms with E-state index >= 15 is 0 Å². The van der Waals surface area contributed by atoms with Crippen LogP contribution in [0.5, 0.6) is 0 Å². The number of hydrogen-bond acceptors (Lipinski definition) is 3. The van der Waals surface area contributed by atoms with Gasteiger partial charge in [0, 0.05) is 19.6 Å². The molecule has 16 heavy (non-hydrogen) atoms. The topological polar surface area (TPSA) is 43.8 Å². The van der Waals surface area contributed by atoms with Crippen LogP contribution in [0.4, 0.5) is 0 Å². The highest BCUT2D eigenvalue weighted by molar-refractivity contribution is 5.78. The van der Waals surface area contributed by atoms with Crippen LogP contribution in [0.15, 0.2) is 0 Å². The van der Waals surface area contributed by atoms with Gasteiger partial charge in [0.2, 0.25) is 5.91 Å². The Morgan fingerprint density at radius 2 is 1.94 bits per heavy atom. The summed E-state index contributed by atoms with van der Waals surface area (Å²) < 4.78 is 0. The van der Waals surface area contributed by atoms with Crippen molar-refractivity contribution in [3.8, 4) is 0 Å². The Labute approximate surface area is 98.2 Å². The van der Waals surface area contributed by atoms with Gasteiger partial charge in [-0.3, -0.25) is 9.69 Å². The molecule has 1 fully saturated rings. The molecule has 0 unspecified atom stereocenters. The fourth-order valence-corrected chi connectivity index (χ4v) is 2.16. The molecule has 1 aliphatic heterocycles. The summed E-state index contributed by atoms with van der Waals surface area (Å²) in [7, 11) is 0. The van der Waals surface area contributed by atoms with E-state index in [4.69, 9.17) is 5.11 Å². The predicted octanol–water partition coefficient (Wildman–Crippen LogP) is 0.703. The zero-order chi connectivity index (χ0) is 11.8. The summed E-state index contributed by atoms with van der Waals surface area (Å²) >= 11 is 0. The molecule has 1 heterocycles. The van der Waals surface area contributed by atoms with E-state index in [0.29, 0.717) is 13.1 Å². The number of nitrogens with zero attached hydrogens (tertiary/aromatic N) is 2. The van der Waals surface area contributed by atoms with Gasteiger partial charge in [0.05, 0.1) is 13.2 Å². The molecule has 0 bridgehead atoms. The zero-order valence-electron chi connectivity index (χ0n) is 10.3. The van der Waals surface area contributed by atoms with Crippen LogP contribution in [0.2, 0.25) is 0 Å². The summed E-state index contributed by atoms with van der Waals surface area (Å²) in [5, 5.41) is 8.92. The zero-order valence-corrected chi connectivity index (χ0v) is 10.3. The first-order valence-electron chi connectivity index (χ1n) is 6.39. The van der Waals surface area contributed by atoms with Crippen molar-refractivity contribution in [1.82, 2.24) is 9.80 Å². The minimum atomic E-state index is 0.132. The first-order chi connectivity index (χ1) is 7.77. The van der Waals surface area contributed by atoms with E-state index in [9.17, 15) is 4.79 Å². The average Bonchev–Trinajstić information content (AvgIpc) is 2.31. The summed E-state index contributed by atoms with van der Waals surface area (Å²) in [6.07, 6.45) is 4.55. The summed E-state index contributed by atoms with van der Waals surface area (Å²) in [6, 6.07) is 0. The van der Waals surface area contributed by atoms with Crippen LogP contribution in [0, 0.1) is 0 Å². The molecule has 1 N–H and O–H groups in total. The maximum Gasteiger partial charge on any atom is 0.236 e. The van der Waals surface area contributed by atoms with E-state index in [1.807, 2.05) is 9.80 Å². The van der Waals surface area contributed by atoms with Gasteiger partial charge in [0.15, 0.2) is 0 Å². The van der Waals surface area contributed by atoms with Crippen molar-refractivity contribution < 1.29 is 9.90 Å².